The van der Waals surface area contributed by atoms with Gasteiger partial charge >= 0.3 is 0 Å². The molecule has 0 amide bonds. The average molecular weight is 815 g/mol. The fraction of sp³-hybridized carbons (Fsp3) is 0. The molecule has 2 nitrogen and oxygen atoms in total. The molecular formula is C62H42N2. The molecule has 0 saturated carbocycles. The highest BCUT2D eigenvalue weighted by molar-refractivity contribution is 6.22. The van der Waals surface area contributed by atoms with Crippen LogP contribution in [0.5, 0.6) is 0 Å². The van der Waals surface area contributed by atoms with Gasteiger partial charge in [-0.25, -0.2) is 0 Å². The van der Waals surface area contributed by atoms with Crippen LogP contribution in [0.2, 0.25) is 0 Å². The average Bonchev–Trinajstić information content (AvgIpc) is 3.71. The summed E-state index contributed by atoms with van der Waals surface area (Å²) in [6, 6.07) is 92.6. The van der Waals surface area contributed by atoms with Crippen LogP contribution >= 0.6 is 0 Å². The van der Waals surface area contributed by atoms with Crippen molar-refractivity contribution in [2.75, 3.05) is 4.90 Å². The second-order valence-electron chi connectivity index (χ2n) is 16.5. The summed E-state index contributed by atoms with van der Waals surface area (Å²) in [6.07, 6.45) is 0. The van der Waals surface area contributed by atoms with E-state index in [1.54, 1.807) is 0 Å². The van der Waals surface area contributed by atoms with E-state index < -0.39 is 0 Å². The number of para-hydroxylation sites is 3. The van der Waals surface area contributed by atoms with Crippen molar-refractivity contribution in [3.8, 4) is 50.2 Å². The third-order valence-electron chi connectivity index (χ3n) is 12.7. The zero-order chi connectivity index (χ0) is 42.4. The Balaban J connectivity index is 0.964. The molecule has 0 aliphatic heterocycles. The van der Waals surface area contributed by atoms with Gasteiger partial charge in [0.05, 0.1) is 11.0 Å². The first kappa shape index (κ1) is 37.3. The maximum absolute atomic E-state index is 2.41. The molecule has 0 bridgehead atoms. The van der Waals surface area contributed by atoms with Crippen molar-refractivity contribution in [2.24, 2.45) is 0 Å². The van der Waals surface area contributed by atoms with Crippen LogP contribution in [0, 0.1) is 0 Å². The standard InChI is InChI=1S/C62H42N2/c1-5-18-44(19-6-1)61-56-30-14-13-28-53(56)54-38-34-48(42-58(54)62(61)45-20-7-2-8-21-45)46-22-17-27-52(40-46)63(49-23-9-3-10-24-49)51-36-32-43(33-37-51)47-35-39-60-57(41-47)55-29-15-16-31-59(55)64(60)50-25-11-4-12-26-50/h1-42H. The zero-order valence-corrected chi connectivity index (χ0v) is 35.1. The third kappa shape index (κ3) is 6.44. The Hall–Kier alpha value is -8.46. The Labute approximate surface area is 373 Å². The fourth-order valence-corrected chi connectivity index (χ4v) is 9.84. The van der Waals surface area contributed by atoms with Crippen LogP contribution in [0.3, 0.4) is 0 Å². The number of hydrogen-bond acceptors (Lipinski definition) is 1. The number of anilines is 3. The number of fused-ring (bicyclic) bond motifs is 6. The largest absolute Gasteiger partial charge is 0.310 e. The second kappa shape index (κ2) is 15.8. The van der Waals surface area contributed by atoms with Crippen LogP contribution in [0.1, 0.15) is 0 Å². The van der Waals surface area contributed by atoms with Gasteiger partial charge in [0.25, 0.3) is 0 Å². The van der Waals surface area contributed by atoms with Crippen LogP contribution < -0.4 is 4.90 Å². The molecule has 0 N–H and O–H groups in total. The molecule has 0 spiro atoms. The van der Waals surface area contributed by atoms with Crippen molar-refractivity contribution in [1.29, 1.82) is 0 Å². The highest BCUT2D eigenvalue weighted by Gasteiger charge is 2.20. The van der Waals surface area contributed by atoms with Gasteiger partial charge < -0.3 is 9.47 Å². The molecule has 1 heterocycles. The summed E-state index contributed by atoms with van der Waals surface area (Å²) >= 11 is 0. The lowest BCUT2D eigenvalue weighted by molar-refractivity contribution is 1.18. The van der Waals surface area contributed by atoms with Crippen LogP contribution in [-0.2, 0) is 0 Å². The summed E-state index contributed by atoms with van der Waals surface area (Å²) in [4.78, 5) is 2.36. The number of rotatable bonds is 8. The van der Waals surface area contributed by atoms with Crippen molar-refractivity contribution in [1.82, 2.24) is 4.57 Å². The van der Waals surface area contributed by atoms with E-state index in [0.29, 0.717) is 0 Å². The topological polar surface area (TPSA) is 8.17 Å². The molecule has 11 aromatic carbocycles. The molecule has 12 aromatic rings. The van der Waals surface area contributed by atoms with Crippen molar-refractivity contribution >= 4 is 60.4 Å². The van der Waals surface area contributed by atoms with Gasteiger partial charge in [-0.05, 0) is 139 Å². The lowest BCUT2D eigenvalue weighted by Crippen LogP contribution is -2.09. The zero-order valence-electron chi connectivity index (χ0n) is 35.1. The molecule has 300 valence electrons. The maximum Gasteiger partial charge on any atom is 0.0541 e. The molecule has 1 aromatic heterocycles. The van der Waals surface area contributed by atoms with Gasteiger partial charge in [-0.3, -0.25) is 0 Å². The van der Waals surface area contributed by atoms with E-state index in [9.17, 15) is 0 Å². The monoisotopic (exact) mass is 814 g/mol. The number of hydrogen-bond donors (Lipinski definition) is 0. The molecule has 0 aliphatic carbocycles. The van der Waals surface area contributed by atoms with E-state index in [1.807, 2.05) is 0 Å². The molecule has 0 atom stereocenters. The Morgan fingerprint density at radius 3 is 1.41 bits per heavy atom. The van der Waals surface area contributed by atoms with Crippen molar-refractivity contribution in [3.05, 3.63) is 255 Å². The second-order valence-corrected chi connectivity index (χ2v) is 16.5. The summed E-state index contributed by atoms with van der Waals surface area (Å²) in [5.74, 6) is 0. The molecule has 64 heavy (non-hydrogen) atoms. The first-order valence-electron chi connectivity index (χ1n) is 22.0. The van der Waals surface area contributed by atoms with E-state index in [0.717, 1.165) is 22.6 Å². The number of benzene rings is 11. The van der Waals surface area contributed by atoms with E-state index >= 15 is 0 Å². The summed E-state index contributed by atoms with van der Waals surface area (Å²) in [6.45, 7) is 0. The third-order valence-corrected chi connectivity index (χ3v) is 12.7. The molecule has 2 heteroatoms. The Kier molecular flexibility index (Phi) is 9.20. The van der Waals surface area contributed by atoms with Crippen LogP contribution in [0.15, 0.2) is 255 Å². The minimum atomic E-state index is 1.10. The first-order chi connectivity index (χ1) is 31.8. The smallest absolute Gasteiger partial charge is 0.0541 e. The van der Waals surface area contributed by atoms with Crippen molar-refractivity contribution < 1.29 is 0 Å². The highest BCUT2D eigenvalue weighted by atomic mass is 15.1. The minimum Gasteiger partial charge on any atom is -0.310 e. The van der Waals surface area contributed by atoms with Crippen molar-refractivity contribution in [3.63, 3.8) is 0 Å². The van der Waals surface area contributed by atoms with E-state index in [4.69, 9.17) is 0 Å². The molecule has 0 radical (unpaired) electrons. The van der Waals surface area contributed by atoms with Crippen LogP contribution in [0.4, 0.5) is 17.1 Å². The van der Waals surface area contributed by atoms with Crippen molar-refractivity contribution in [2.45, 2.75) is 0 Å². The van der Waals surface area contributed by atoms with E-state index in [1.165, 1.54) is 88.0 Å². The maximum atomic E-state index is 2.41. The normalized spacial score (nSPS) is 11.4. The molecule has 0 fully saturated rings. The van der Waals surface area contributed by atoms with Crippen LogP contribution in [0.25, 0.3) is 93.5 Å². The molecule has 0 unspecified atom stereocenters. The minimum absolute atomic E-state index is 1.10. The number of aromatic nitrogens is 1. The van der Waals surface area contributed by atoms with E-state index in [-0.39, 0.29) is 0 Å². The summed E-state index contributed by atoms with van der Waals surface area (Å²) in [7, 11) is 0. The Morgan fingerprint density at radius 1 is 0.234 bits per heavy atom. The first-order valence-corrected chi connectivity index (χ1v) is 22.0. The highest BCUT2D eigenvalue weighted by Crippen LogP contribution is 2.46. The van der Waals surface area contributed by atoms with Gasteiger partial charge in [-0.1, -0.05) is 182 Å². The predicted octanol–water partition coefficient (Wildman–Crippen LogP) is 17.2. The Bertz CT molecular complexity index is 3630. The Morgan fingerprint density at radius 2 is 0.688 bits per heavy atom. The lowest BCUT2D eigenvalue weighted by atomic mass is 9.84. The summed E-state index contributed by atoms with van der Waals surface area (Å²) in [5, 5.41) is 7.51. The van der Waals surface area contributed by atoms with Gasteiger partial charge in [-0.15, -0.1) is 0 Å². The molecular weight excluding hydrogens is 773 g/mol. The SMILES string of the molecule is c1ccc(-c2c(-c3ccccc3)c3cc(-c4cccc(N(c5ccccc5)c5ccc(-c6ccc7c(c6)c6ccccc6n7-c6ccccc6)cc5)c4)ccc3c3ccccc23)cc1. The van der Waals surface area contributed by atoms with Gasteiger partial charge in [0, 0.05) is 33.5 Å². The number of nitrogens with zero attached hydrogens (tertiary/aromatic N) is 2. The molecule has 12 rings (SSSR count). The van der Waals surface area contributed by atoms with Crippen LogP contribution in [-0.4, -0.2) is 4.57 Å². The quantitative estimate of drug-likeness (QED) is 0.139. The van der Waals surface area contributed by atoms with Gasteiger partial charge in [-0.2, -0.15) is 0 Å². The summed E-state index contributed by atoms with van der Waals surface area (Å²) < 4.78 is 2.37. The molecule has 0 saturated heterocycles. The predicted molar refractivity (Wildman–Crippen MR) is 272 cm³/mol. The van der Waals surface area contributed by atoms with Gasteiger partial charge in [0.2, 0.25) is 0 Å². The van der Waals surface area contributed by atoms with Gasteiger partial charge in [0.15, 0.2) is 0 Å². The summed E-state index contributed by atoms with van der Waals surface area (Å²) in [5.41, 5.74) is 16.5. The van der Waals surface area contributed by atoms with Gasteiger partial charge in [0.1, 0.15) is 0 Å². The lowest BCUT2D eigenvalue weighted by Gasteiger charge is -2.26. The fourth-order valence-electron chi connectivity index (χ4n) is 9.84. The van der Waals surface area contributed by atoms with E-state index in [2.05, 4.69) is 264 Å². The molecule has 0 aliphatic rings.